The number of benzene rings is 2. The van der Waals surface area contributed by atoms with Crippen LogP contribution in [0.2, 0.25) is 0 Å². The fourth-order valence-corrected chi connectivity index (χ4v) is 1.99. The highest BCUT2D eigenvalue weighted by Gasteiger charge is 2.11. The first kappa shape index (κ1) is 14.3. The number of aromatic hydroxyl groups is 1. The van der Waals surface area contributed by atoms with E-state index in [-0.39, 0.29) is 11.4 Å². The molecule has 112 valence electrons. The summed E-state index contributed by atoms with van der Waals surface area (Å²) >= 11 is 0. The first-order valence-corrected chi connectivity index (χ1v) is 6.69. The summed E-state index contributed by atoms with van der Waals surface area (Å²) in [6.07, 6.45) is 0. The molecule has 7 nitrogen and oxygen atoms in total. The van der Waals surface area contributed by atoms with Gasteiger partial charge in [0.05, 0.1) is 23.0 Å². The van der Waals surface area contributed by atoms with Crippen molar-refractivity contribution in [1.82, 2.24) is 10.2 Å². The zero-order valence-corrected chi connectivity index (χ0v) is 11.8. The molecule has 3 rings (SSSR count). The number of hydrogen-bond acceptors (Lipinski definition) is 5. The molecule has 1 heterocycles. The summed E-state index contributed by atoms with van der Waals surface area (Å²) in [5.41, 5.74) is 1.96. The fraction of sp³-hybridized carbons (Fsp3) is 0. The van der Waals surface area contributed by atoms with Crippen LogP contribution in [0.15, 0.2) is 63.6 Å². The average molecular weight is 305 g/mol. The third-order valence-corrected chi connectivity index (χ3v) is 3.17. The molecule has 0 fully saturated rings. The number of aromatic amines is 2. The van der Waals surface area contributed by atoms with E-state index in [4.69, 9.17) is 5.26 Å². The van der Waals surface area contributed by atoms with E-state index >= 15 is 0 Å². The zero-order chi connectivity index (χ0) is 16.2. The van der Waals surface area contributed by atoms with E-state index in [0.29, 0.717) is 22.5 Å². The number of phenolic OH excluding ortho intramolecular Hbond substituents is 1. The summed E-state index contributed by atoms with van der Waals surface area (Å²) in [7, 11) is 0. The third kappa shape index (κ3) is 3.01. The average Bonchev–Trinajstić information content (AvgIpc) is 2.95. The predicted octanol–water partition coefficient (Wildman–Crippen LogP) is 3.36. The van der Waals surface area contributed by atoms with Crippen LogP contribution in [-0.2, 0) is 0 Å². The second-order valence-electron chi connectivity index (χ2n) is 4.71. The number of azo groups is 1. The van der Waals surface area contributed by atoms with Gasteiger partial charge < -0.3 is 5.11 Å². The fourth-order valence-electron chi connectivity index (χ4n) is 1.99. The second-order valence-corrected chi connectivity index (χ2v) is 4.71. The predicted molar refractivity (Wildman–Crippen MR) is 83.8 cm³/mol. The summed E-state index contributed by atoms with van der Waals surface area (Å²) in [5, 5.41) is 31.3. The van der Waals surface area contributed by atoms with Crippen LogP contribution in [0.3, 0.4) is 0 Å². The summed E-state index contributed by atoms with van der Waals surface area (Å²) in [6.45, 7) is 0. The third-order valence-electron chi connectivity index (χ3n) is 3.17. The van der Waals surface area contributed by atoms with E-state index < -0.39 is 5.56 Å². The molecule has 0 atom stereocenters. The van der Waals surface area contributed by atoms with Crippen LogP contribution in [0.1, 0.15) is 5.56 Å². The number of H-pyrrole nitrogens is 2. The van der Waals surface area contributed by atoms with Crippen LogP contribution in [0.5, 0.6) is 5.75 Å². The topological polar surface area (TPSA) is 117 Å². The lowest BCUT2D eigenvalue weighted by Gasteiger charge is -1.99. The van der Waals surface area contributed by atoms with Crippen LogP contribution < -0.4 is 5.56 Å². The maximum Gasteiger partial charge on any atom is 0.292 e. The summed E-state index contributed by atoms with van der Waals surface area (Å²) < 4.78 is 0. The monoisotopic (exact) mass is 305 g/mol. The first-order chi connectivity index (χ1) is 11.2. The van der Waals surface area contributed by atoms with Gasteiger partial charge in [0.2, 0.25) is 0 Å². The minimum atomic E-state index is -0.398. The van der Waals surface area contributed by atoms with Gasteiger partial charge in [0.25, 0.3) is 5.56 Å². The molecular weight excluding hydrogens is 294 g/mol. The zero-order valence-electron chi connectivity index (χ0n) is 11.8. The molecule has 0 amide bonds. The summed E-state index contributed by atoms with van der Waals surface area (Å²) in [6, 6.07) is 14.9. The van der Waals surface area contributed by atoms with E-state index in [2.05, 4.69) is 20.4 Å². The van der Waals surface area contributed by atoms with Crippen molar-refractivity contribution < 1.29 is 5.11 Å². The van der Waals surface area contributed by atoms with Crippen molar-refractivity contribution in [3.05, 3.63) is 64.4 Å². The molecule has 0 aliphatic rings. The number of nitriles is 1. The molecular formula is C16H11N5O2. The van der Waals surface area contributed by atoms with Gasteiger partial charge in [0, 0.05) is 5.56 Å². The summed E-state index contributed by atoms with van der Waals surface area (Å²) in [5.74, 6) is 0.132. The number of nitrogens with zero attached hydrogens (tertiary/aromatic N) is 3. The van der Waals surface area contributed by atoms with Crippen molar-refractivity contribution >= 4 is 11.4 Å². The Morgan fingerprint density at radius 2 is 1.65 bits per heavy atom. The molecule has 7 heteroatoms. The van der Waals surface area contributed by atoms with Crippen molar-refractivity contribution in [2.75, 3.05) is 0 Å². The van der Waals surface area contributed by atoms with Crippen molar-refractivity contribution in [2.45, 2.75) is 0 Å². The van der Waals surface area contributed by atoms with E-state index in [1.807, 2.05) is 6.07 Å². The van der Waals surface area contributed by atoms with Gasteiger partial charge in [-0.05, 0) is 48.5 Å². The molecule has 0 unspecified atom stereocenters. The molecule has 3 N–H and O–H groups in total. The molecule has 2 aromatic carbocycles. The minimum absolute atomic E-state index is 0.132. The van der Waals surface area contributed by atoms with Gasteiger partial charge in [-0.2, -0.15) is 10.4 Å². The Bertz CT molecular complexity index is 944. The highest BCUT2D eigenvalue weighted by molar-refractivity contribution is 5.71. The highest BCUT2D eigenvalue weighted by atomic mass is 16.3. The van der Waals surface area contributed by atoms with Crippen LogP contribution in [0.25, 0.3) is 11.3 Å². The maximum atomic E-state index is 11.9. The Kier molecular flexibility index (Phi) is 3.72. The van der Waals surface area contributed by atoms with Crippen molar-refractivity contribution in [2.24, 2.45) is 10.2 Å². The molecule has 3 aromatic rings. The SMILES string of the molecule is N#Cc1ccc(N=Nc2c(-c3ccc(O)cc3)[nH][nH]c2=O)cc1. The number of hydrogen-bond donors (Lipinski definition) is 3. The Balaban J connectivity index is 1.95. The molecule has 0 aliphatic carbocycles. The quantitative estimate of drug-likeness (QED) is 0.644. The van der Waals surface area contributed by atoms with Gasteiger partial charge in [-0.1, -0.05) is 0 Å². The normalized spacial score (nSPS) is 10.7. The molecule has 0 aliphatic heterocycles. The Morgan fingerprint density at radius 1 is 0.957 bits per heavy atom. The molecule has 23 heavy (non-hydrogen) atoms. The standard InChI is InChI=1S/C16H11N5O2/c17-9-10-1-5-12(6-2-10)18-20-15-14(19-21-16(15)23)11-3-7-13(22)8-4-11/h1-8,22H,(H2,19,21,23). The van der Waals surface area contributed by atoms with E-state index in [9.17, 15) is 9.90 Å². The van der Waals surface area contributed by atoms with Gasteiger partial charge in [-0.3, -0.25) is 15.0 Å². The van der Waals surface area contributed by atoms with E-state index in [0.717, 1.165) is 0 Å². The highest BCUT2D eigenvalue weighted by Crippen LogP contribution is 2.27. The van der Waals surface area contributed by atoms with Gasteiger partial charge in [0.15, 0.2) is 5.69 Å². The van der Waals surface area contributed by atoms with Crippen molar-refractivity contribution in [1.29, 1.82) is 5.26 Å². The lowest BCUT2D eigenvalue weighted by molar-refractivity contribution is 0.475. The Labute approximate surface area is 130 Å². The van der Waals surface area contributed by atoms with Gasteiger partial charge in [-0.15, -0.1) is 5.11 Å². The molecule has 0 radical (unpaired) electrons. The number of phenols is 1. The molecule has 1 aromatic heterocycles. The number of rotatable bonds is 3. The van der Waals surface area contributed by atoms with E-state index in [1.165, 1.54) is 12.1 Å². The number of aromatic nitrogens is 2. The van der Waals surface area contributed by atoms with Crippen LogP contribution in [0, 0.1) is 11.3 Å². The minimum Gasteiger partial charge on any atom is -0.508 e. The largest absolute Gasteiger partial charge is 0.508 e. The van der Waals surface area contributed by atoms with E-state index in [1.54, 1.807) is 36.4 Å². The smallest absolute Gasteiger partial charge is 0.292 e. The Hall–Kier alpha value is -3.66. The summed E-state index contributed by atoms with van der Waals surface area (Å²) in [4.78, 5) is 11.9. The molecule has 0 saturated carbocycles. The molecule has 0 bridgehead atoms. The van der Waals surface area contributed by atoms with Crippen LogP contribution >= 0.6 is 0 Å². The first-order valence-electron chi connectivity index (χ1n) is 6.69. The van der Waals surface area contributed by atoms with Gasteiger partial charge >= 0.3 is 0 Å². The molecule has 0 spiro atoms. The lowest BCUT2D eigenvalue weighted by atomic mass is 10.1. The van der Waals surface area contributed by atoms with Crippen molar-refractivity contribution in [3.63, 3.8) is 0 Å². The molecule has 0 saturated heterocycles. The van der Waals surface area contributed by atoms with Crippen LogP contribution in [-0.4, -0.2) is 15.3 Å². The maximum absolute atomic E-state index is 11.9. The van der Waals surface area contributed by atoms with Crippen LogP contribution in [0.4, 0.5) is 11.4 Å². The van der Waals surface area contributed by atoms with Gasteiger partial charge in [-0.25, -0.2) is 0 Å². The lowest BCUT2D eigenvalue weighted by Crippen LogP contribution is -1.96. The van der Waals surface area contributed by atoms with Gasteiger partial charge in [0.1, 0.15) is 5.75 Å². The van der Waals surface area contributed by atoms with Crippen molar-refractivity contribution in [3.8, 4) is 23.1 Å². The number of nitrogens with one attached hydrogen (secondary N) is 2. The Morgan fingerprint density at radius 3 is 2.30 bits per heavy atom. The second kappa shape index (κ2) is 5.99.